The molecular weight excluding hydrogens is 218 g/mol. The number of aromatic amines is 1. The zero-order chi connectivity index (χ0) is 10.6. The number of amides is 1. The number of nitrogens with zero attached hydrogens (tertiary/aromatic N) is 1. The van der Waals surface area contributed by atoms with Gasteiger partial charge in [-0.25, -0.2) is 0 Å². The summed E-state index contributed by atoms with van der Waals surface area (Å²) in [4.78, 5) is 22.7. The van der Waals surface area contributed by atoms with Gasteiger partial charge in [-0.2, -0.15) is 5.10 Å². The summed E-state index contributed by atoms with van der Waals surface area (Å²) in [5.41, 5.74) is 1.36. The first-order chi connectivity index (χ1) is 7.18. The second-order valence-electron chi connectivity index (χ2n) is 3.20. The minimum atomic E-state index is -0.630. The number of ketones is 1. The van der Waals surface area contributed by atoms with Crippen LogP contribution < -0.4 is 5.32 Å². The standard InChI is InChI=1S/C9H4ClN3O2/c10-8-6-4(12-13-8)2-1-3-5(6)7(14)9(15)11-3/h1-2H,(H,12,13)(H,11,14,15). The molecule has 0 saturated carbocycles. The van der Waals surface area contributed by atoms with Crippen LogP contribution in [0.15, 0.2) is 12.1 Å². The molecule has 0 aliphatic carbocycles. The van der Waals surface area contributed by atoms with Gasteiger partial charge in [0.25, 0.3) is 11.7 Å². The summed E-state index contributed by atoms with van der Waals surface area (Å²) in [6.45, 7) is 0. The number of halogens is 1. The monoisotopic (exact) mass is 221 g/mol. The summed E-state index contributed by atoms with van der Waals surface area (Å²) in [7, 11) is 0. The van der Waals surface area contributed by atoms with Gasteiger partial charge < -0.3 is 5.32 Å². The Morgan fingerprint density at radius 1 is 1.27 bits per heavy atom. The van der Waals surface area contributed by atoms with Crippen molar-refractivity contribution in [3.05, 3.63) is 22.8 Å². The van der Waals surface area contributed by atoms with E-state index in [0.29, 0.717) is 22.2 Å². The van der Waals surface area contributed by atoms with E-state index in [9.17, 15) is 9.59 Å². The number of carbonyl (C=O) groups excluding carboxylic acids is 2. The minimum absolute atomic E-state index is 0.270. The Balaban J connectivity index is 2.49. The summed E-state index contributed by atoms with van der Waals surface area (Å²) in [6.07, 6.45) is 0. The highest BCUT2D eigenvalue weighted by atomic mass is 35.5. The van der Waals surface area contributed by atoms with Crippen LogP contribution in [-0.2, 0) is 4.79 Å². The molecule has 74 valence electrons. The first-order valence-electron chi connectivity index (χ1n) is 4.21. The Labute approximate surface area is 88.4 Å². The molecule has 1 aromatic heterocycles. The molecule has 3 rings (SSSR count). The average molecular weight is 222 g/mol. The van der Waals surface area contributed by atoms with E-state index in [1.165, 1.54) is 0 Å². The molecule has 2 aromatic rings. The fourth-order valence-electron chi connectivity index (χ4n) is 1.70. The molecule has 0 fully saturated rings. The van der Waals surface area contributed by atoms with Crippen molar-refractivity contribution in [1.29, 1.82) is 0 Å². The Hall–Kier alpha value is -1.88. The summed E-state index contributed by atoms with van der Waals surface area (Å²) >= 11 is 5.86. The first-order valence-corrected chi connectivity index (χ1v) is 4.58. The third-order valence-corrected chi connectivity index (χ3v) is 2.63. The van der Waals surface area contributed by atoms with E-state index in [0.717, 1.165) is 0 Å². The fraction of sp³-hybridized carbons (Fsp3) is 0. The van der Waals surface area contributed by atoms with Crippen molar-refractivity contribution in [2.45, 2.75) is 0 Å². The summed E-state index contributed by atoms with van der Waals surface area (Å²) in [6, 6.07) is 3.33. The maximum absolute atomic E-state index is 11.5. The lowest BCUT2D eigenvalue weighted by molar-refractivity contribution is -0.112. The van der Waals surface area contributed by atoms with E-state index in [-0.39, 0.29) is 5.15 Å². The molecular formula is C9H4ClN3O2. The lowest BCUT2D eigenvalue weighted by atomic mass is 10.1. The minimum Gasteiger partial charge on any atom is -0.318 e. The van der Waals surface area contributed by atoms with E-state index in [2.05, 4.69) is 15.5 Å². The second-order valence-corrected chi connectivity index (χ2v) is 3.58. The molecule has 1 aliphatic heterocycles. The molecule has 0 radical (unpaired) electrons. The normalized spacial score (nSPS) is 14.5. The lowest BCUT2D eigenvalue weighted by Gasteiger charge is -1.96. The zero-order valence-electron chi connectivity index (χ0n) is 7.30. The average Bonchev–Trinajstić information content (AvgIpc) is 2.71. The zero-order valence-corrected chi connectivity index (χ0v) is 8.05. The van der Waals surface area contributed by atoms with Crippen LogP contribution in [0, 0.1) is 0 Å². The van der Waals surface area contributed by atoms with Crippen LogP contribution in [0.1, 0.15) is 10.4 Å². The summed E-state index contributed by atoms with van der Waals surface area (Å²) in [5, 5.41) is 9.71. The van der Waals surface area contributed by atoms with Gasteiger partial charge in [0.2, 0.25) is 0 Å². The number of hydrogen-bond acceptors (Lipinski definition) is 3. The van der Waals surface area contributed by atoms with Crippen LogP contribution in [-0.4, -0.2) is 21.9 Å². The molecule has 6 heteroatoms. The van der Waals surface area contributed by atoms with Gasteiger partial charge in [-0.05, 0) is 12.1 Å². The number of rotatable bonds is 0. The number of carbonyl (C=O) groups is 2. The quantitative estimate of drug-likeness (QED) is 0.660. The lowest BCUT2D eigenvalue weighted by Crippen LogP contribution is -2.12. The molecule has 2 heterocycles. The predicted octanol–water partition coefficient (Wildman–Crippen LogP) is 1.35. The van der Waals surface area contributed by atoms with E-state index in [4.69, 9.17) is 11.6 Å². The SMILES string of the molecule is O=C1Nc2ccc3n[nH]c(Cl)c3c2C1=O. The van der Waals surface area contributed by atoms with Crippen molar-refractivity contribution < 1.29 is 9.59 Å². The molecule has 2 N–H and O–H groups in total. The van der Waals surface area contributed by atoms with Gasteiger partial charge in [-0.3, -0.25) is 14.7 Å². The largest absolute Gasteiger partial charge is 0.318 e. The predicted molar refractivity (Wildman–Crippen MR) is 54.1 cm³/mol. The molecule has 15 heavy (non-hydrogen) atoms. The Morgan fingerprint density at radius 3 is 2.87 bits per heavy atom. The van der Waals surface area contributed by atoms with E-state index < -0.39 is 11.7 Å². The third kappa shape index (κ3) is 0.951. The smallest absolute Gasteiger partial charge is 0.296 e. The molecule has 1 aliphatic rings. The summed E-state index contributed by atoms with van der Waals surface area (Å²) in [5.74, 6) is -1.20. The van der Waals surface area contributed by atoms with E-state index in [1.807, 2.05) is 0 Å². The van der Waals surface area contributed by atoms with Crippen molar-refractivity contribution in [3.8, 4) is 0 Å². The molecule has 0 spiro atoms. The Kier molecular flexibility index (Phi) is 1.45. The Morgan fingerprint density at radius 2 is 2.07 bits per heavy atom. The van der Waals surface area contributed by atoms with Gasteiger partial charge in [-0.1, -0.05) is 11.6 Å². The van der Waals surface area contributed by atoms with Crippen molar-refractivity contribution in [3.63, 3.8) is 0 Å². The number of benzene rings is 1. The Bertz CT molecular complexity index is 617. The number of fused-ring (bicyclic) bond motifs is 3. The van der Waals surface area contributed by atoms with Crippen LogP contribution in [0.3, 0.4) is 0 Å². The van der Waals surface area contributed by atoms with Crippen LogP contribution in [0.4, 0.5) is 5.69 Å². The van der Waals surface area contributed by atoms with Crippen LogP contribution in [0.5, 0.6) is 0 Å². The van der Waals surface area contributed by atoms with Crippen molar-refractivity contribution >= 4 is 39.9 Å². The highest BCUT2D eigenvalue weighted by Gasteiger charge is 2.31. The maximum atomic E-state index is 11.5. The number of Topliss-reactive ketones (excluding diaryl/α,β-unsaturated/α-hetero) is 1. The van der Waals surface area contributed by atoms with Gasteiger partial charge in [0.05, 0.1) is 22.2 Å². The number of nitrogens with one attached hydrogen (secondary N) is 2. The van der Waals surface area contributed by atoms with Gasteiger partial charge in [0.15, 0.2) is 0 Å². The molecule has 0 bridgehead atoms. The molecule has 0 saturated heterocycles. The van der Waals surface area contributed by atoms with Crippen molar-refractivity contribution in [2.24, 2.45) is 0 Å². The number of hydrogen-bond donors (Lipinski definition) is 2. The van der Waals surface area contributed by atoms with Gasteiger partial charge in [0, 0.05) is 0 Å². The van der Waals surface area contributed by atoms with Crippen molar-refractivity contribution in [1.82, 2.24) is 10.2 Å². The van der Waals surface area contributed by atoms with Gasteiger partial charge in [0.1, 0.15) is 5.15 Å². The molecule has 5 nitrogen and oxygen atoms in total. The number of anilines is 1. The van der Waals surface area contributed by atoms with E-state index in [1.54, 1.807) is 12.1 Å². The fourth-order valence-corrected chi connectivity index (χ4v) is 1.94. The van der Waals surface area contributed by atoms with Crippen molar-refractivity contribution in [2.75, 3.05) is 5.32 Å². The summed E-state index contributed by atoms with van der Waals surface area (Å²) < 4.78 is 0. The maximum Gasteiger partial charge on any atom is 0.296 e. The highest BCUT2D eigenvalue weighted by Crippen LogP contribution is 2.33. The van der Waals surface area contributed by atoms with Crippen LogP contribution in [0.25, 0.3) is 10.9 Å². The van der Waals surface area contributed by atoms with Crippen LogP contribution in [0.2, 0.25) is 5.15 Å². The highest BCUT2D eigenvalue weighted by molar-refractivity contribution is 6.54. The molecule has 1 aromatic carbocycles. The molecule has 1 amide bonds. The topological polar surface area (TPSA) is 74.8 Å². The van der Waals surface area contributed by atoms with Gasteiger partial charge in [-0.15, -0.1) is 0 Å². The van der Waals surface area contributed by atoms with E-state index >= 15 is 0 Å². The van der Waals surface area contributed by atoms with Gasteiger partial charge >= 0.3 is 0 Å². The second kappa shape index (κ2) is 2.58. The first kappa shape index (κ1) is 8.43. The third-order valence-electron chi connectivity index (χ3n) is 2.36. The molecule has 0 atom stereocenters. The number of H-pyrrole nitrogens is 1. The number of aromatic nitrogens is 2. The van der Waals surface area contributed by atoms with Crippen LogP contribution >= 0.6 is 11.6 Å². The molecule has 0 unspecified atom stereocenters.